The van der Waals surface area contributed by atoms with Gasteiger partial charge in [0.05, 0.1) is 30.0 Å². The van der Waals surface area contributed by atoms with Gasteiger partial charge >= 0.3 is 0 Å². The highest BCUT2D eigenvalue weighted by atomic mass is 15.3. The third kappa shape index (κ3) is 2.65. The Morgan fingerprint density at radius 2 is 1.90 bits per heavy atom. The number of rotatable bonds is 3. The number of hydrogen-bond acceptors (Lipinski definition) is 7. The first kappa shape index (κ1) is 17.1. The minimum atomic E-state index is 0.488. The van der Waals surface area contributed by atoms with Gasteiger partial charge in [-0.1, -0.05) is 0 Å². The Morgan fingerprint density at radius 3 is 2.57 bits per heavy atom. The van der Waals surface area contributed by atoms with Gasteiger partial charge in [0.15, 0.2) is 0 Å². The number of nitriles is 1. The van der Waals surface area contributed by atoms with Gasteiger partial charge in [0, 0.05) is 55.7 Å². The predicted octanol–water partition coefficient (Wildman–Crippen LogP) is 1.61. The van der Waals surface area contributed by atoms with Crippen LogP contribution in [-0.2, 0) is 7.05 Å². The molecule has 0 saturated carbocycles. The van der Waals surface area contributed by atoms with Gasteiger partial charge in [0.25, 0.3) is 0 Å². The summed E-state index contributed by atoms with van der Waals surface area (Å²) in [6, 6.07) is 7.44. The Kier molecular flexibility index (Phi) is 3.63. The molecule has 7 heterocycles. The third-order valence-electron chi connectivity index (χ3n) is 5.88. The van der Waals surface area contributed by atoms with Crippen molar-refractivity contribution in [3.05, 3.63) is 48.7 Å². The first-order chi connectivity index (χ1) is 14.7. The van der Waals surface area contributed by atoms with Crippen molar-refractivity contribution < 1.29 is 0 Å². The lowest BCUT2D eigenvalue weighted by Crippen LogP contribution is -2.67. The number of aryl methyl sites for hydroxylation is 1. The van der Waals surface area contributed by atoms with E-state index in [0.29, 0.717) is 28.9 Å². The maximum Gasteiger partial charge on any atom is 0.128 e. The molecule has 4 aromatic rings. The number of piperazine rings is 1. The van der Waals surface area contributed by atoms with E-state index in [4.69, 9.17) is 9.97 Å². The van der Waals surface area contributed by atoms with Gasteiger partial charge in [-0.3, -0.25) is 4.68 Å². The second kappa shape index (κ2) is 6.37. The zero-order valence-electron chi connectivity index (χ0n) is 16.4. The molecule has 4 aromatic heterocycles. The van der Waals surface area contributed by atoms with E-state index in [-0.39, 0.29) is 0 Å². The van der Waals surface area contributed by atoms with Crippen molar-refractivity contribution in [1.82, 2.24) is 34.7 Å². The second-order valence-electron chi connectivity index (χ2n) is 7.95. The fourth-order valence-corrected chi connectivity index (χ4v) is 4.40. The van der Waals surface area contributed by atoms with Gasteiger partial charge < -0.3 is 10.2 Å². The zero-order valence-corrected chi connectivity index (χ0v) is 16.4. The van der Waals surface area contributed by atoms with E-state index >= 15 is 0 Å². The van der Waals surface area contributed by atoms with E-state index < -0.39 is 0 Å². The summed E-state index contributed by atoms with van der Waals surface area (Å²) >= 11 is 0. The van der Waals surface area contributed by atoms with E-state index in [1.54, 1.807) is 21.6 Å². The quantitative estimate of drug-likeness (QED) is 0.561. The molecule has 7 rings (SSSR count). The second-order valence-corrected chi connectivity index (χ2v) is 7.95. The van der Waals surface area contributed by atoms with Crippen LogP contribution in [-0.4, -0.2) is 54.5 Å². The highest BCUT2D eigenvalue weighted by molar-refractivity contribution is 5.83. The lowest BCUT2D eigenvalue weighted by atomic mass is 9.91. The third-order valence-corrected chi connectivity index (χ3v) is 5.88. The molecule has 0 aliphatic carbocycles. The number of nitrogens with one attached hydrogen (secondary N) is 1. The van der Waals surface area contributed by atoms with E-state index in [9.17, 15) is 5.26 Å². The average Bonchev–Trinajstić information content (AvgIpc) is 3.39. The van der Waals surface area contributed by atoms with Crippen LogP contribution in [0.25, 0.3) is 28.0 Å². The van der Waals surface area contributed by atoms with Crippen molar-refractivity contribution in [1.29, 1.82) is 5.26 Å². The number of piperidine rings is 1. The van der Waals surface area contributed by atoms with Crippen molar-refractivity contribution in [3.8, 4) is 28.6 Å². The Morgan fingerprint density at radius 1 is 1.07 bits per heavy atom. The maximum atomic E-state index is 9.56. The molecule has 2 bridgehead atoms. The fourth-order valence-electron chi connectivity index (χ4n) is 4.40. The van der Waals surface area contributed by atoms with Crippen molar-refractivity contribution in [2.45, 2.75) is 18.5 Å². The zero-order chi connectivity index (χ0) is 20.2. The smallest absolute Gasteiger partial charge is 0.128 e. The largest absolute Gasteiger partial charge is 0.353 e. The predicted molar refractivity (Wildman–Crippen MR) is 111 cm³/mol. The molecule has 9 nitrogen and oxygen atoms in total. The van der Waals surface area contributed by atoms with Crippen molar-refractivity contribution in [3.63, 3.8) is 0 Å². The summed E-state index contributed by atoms with van der Waals surface area (Å²) in [6.45, 7) is 1.98. The monoisotopic (exact) mass is 397 g/mol. The van der Waals surface area contributed by atoms with E-state index in [0.717, 1.165) is 35.7 Å². The highest BCUT2D eigenvalue weighted by Crippen LogP contribution is 2.30. The number of aromatic nitrogens is 6. The summed E-state index contributed by atoms with van der Waals surface area (Å²) < 4.78 is 3.44. The van der Waals surface area contributed by atoms with Crippen molar-refractivity contribution in [2.75, 3.05) is 18.0 Å². The Bertz CT molecular complexity index is 1280. The molecule has 3 aliphatic rings. The Balaban J connectivity index is 1.44. The summed E-state index contributed by atoms with van der Waals surface area (Å²) in [5, 5.41) is 21.7. The van der Waals surface area contributed by atoms with E-state index in [1.807, 2.05) is 37.8 Å². The molecule has 30 heavy (non-hydrogen) atoms. The standard InChI is InChI=1S/C21H19N9/c1-28-9-15(8-24-28)18-12-30-21(14(5-22)7-25-30)20(27-18)13-2-3-19(23-6-13)29-10-16-4-17(11-29)26-16/h2-3,6-9,12,16-17,26H,4,10-11H2,1H3. The molecule has 0 amide bonds. The molecular formula is C21H19N9. The van der Waals surface area contributed by atoms with Crippen LogP contribution in [0.15, 0.2) is 43.1 Å². The van der Waals surface area contributed by atoms with Gasteiger partial charge in [-0.05, 0) is 18.6 Å². The topological polar surface area (TPSA) is 100.0 Å². The summed E-state index contributed by atoms with van der Waals surface area (Å²) in [7, 11) is 1.87. The van der Waals surface area contributed by atoms with Crippen LogP contribution in [0.3, 0.4) is 0 Å². The van der Waals surface area contributed by atoms with Crippen LogP contribution in [0.5, 0.6) is 0 Å². The van der Waals surface area contributed by atoms with Crippen LogP contribution >= 0.6 is 0 Å². The fraction of sp³-hybridized carbons (Fsp3) is 0.286. The normalized spacial score (nSPS) is 20.2. The number of pyridine rings is 1. The van der Waals surface area contributed by atoms with Gasteiger partial charge in [-0.15, -0.1) is 0 Å². The summed E-state index contributed by atoms with van der Waals surface area (Å²) in [5.74, 6) is 0.975. The molecule has 2 unspecified atom stereocenters. The number of fused-ring (bicyclic) bond motifs is 3. The first-order valence-corrected chi connectivity index (χ1v) is 9.93. The number of anilines is 1. The molecule has 0 radical (unpaired) electrons. The van der Waals surface area contributed by atoms with E-state index in [1.165, 1.54) is 6.42 Å². The van der Waals surface area contributed by atoms with Gasteiger partial charge in [-0.25, -0.2) is 14.5 Å². The van der Waals surface area contributed by atoms with Crippen LogP contribution in [0.4, 0.5) is 5.82 Å². The summed E-state index contributed by atoms with van der Waals surface area (Å²) in [6.07, 6.45) is 10.2. The minimum absolute atomic E-state index is 0.488. The van der Waals surface area contributed by atoms with Crippen LogP contribution in [0, 0.1) is 11.3 Å². The maximum absolute atomic E-state index is 9.56. The van der Waals surface area contributed by atoms with Crippen LogP contribution < -0.4 is 10.2 Å². The molecular weight excluding hydrogens is 378 g/mol. The molecule has 2 atom stereocenters. The minimum Gasteiger partial charge on any atom is -0.353 e. The molecule has 9 heteroatoms. The molecule has 0 aromatic carbocycles. The van der Waals surface area contributed by atoms with Crippen LogP contribution in [0.1, 0.15) is 12.0 Å². The Labute approximate surface area is 172 Å². The summed E-state index contributed by atoms with van der Waals surface area (Å²) in [4.78, 5) is 11.9. The average molecular weight is 397 g/mol. The summed E-state index contributed by atoms with van der Waals surface area (Å²) in [5.41, 5.74) is 4.34. The van der Waals surface area contributed by atoms with Crippen molar-refractivity contribution in [2.24, 2.45) is 7.05 Å². The molecule has 3 saturated heterocycles. The lowest BCUT2D eigenvalue weighted by molar-refractivity contribution is 0.225. The first-order valence-electron chi connectivity index (χ1n) is 9.93. The van der Waals surface area contributed by atoms with Crippen LogP contribution in [0.2, 0.25) is 0 Å². The van der Waals surface area contributed by atoms with Gasteiger partial charge in [0.1, 0.15) is 23.0 Å². The van der Waals surface area contributed by atoms with Gasteiger partial charge in [0.2, 0.25) is 0 Å². The van der Waals surface area contributed by atoms with Gasteiger partial charge in [-0.2, -0.15) is 15.5 Å². The van der Waals surface area contributed by atoms with Crippen molar-refractivity contribution >= 4 is 11.3 Å². The lowest BCUT2D eigenvalue weighted by Gasteiger charge is -2.48. The molecule has 148 valence electrons. The SMILES string of the molecule is Cn1cc(-c2cn3ncc(C#N)c3c(-c3ccc(N4CC5CC(C4)N5)nc3)n2)cn1. The molecule has 0 spiro atoms. The molecule has 1 N–H and O–H groups in total. The highest BCUT2D eigenvalue weighted by Gasteiger charge is 2.36. The number of hydrogen-bond donors (Lipinski definition) is 1. The molecule has 3 fully saturated rings. The molecule has 3 aliphatic heterocycles. The Hall–Kier alpha value is -3.77. The van der Waals surface area contributed by atoms with E-state index in [2.05, 4.69) is 26.5 Å². The number of nitrogens with zero attached hydrogens (tertiary/aromatic N) is 8.